The Morgan fingerprint density at radius 3 is 2.46 bits per heavy atom. The average molecular weight is 376 g/mol. The van der Waals surface area contributed by atoms with E-state index < -0.39 is 15.9 Å². The molecule has 0 bridgehead atoms. The summed E-state index contributed by atoms with van der Waals surface area (Å²) in [5.41, 5.74) is 1.61. The summed E-state index contributed by atoms with van der Waals surface area (Å²) in [6.07, 6.45) is 1.17. The van der Waals surface area contributed by atoms with Gasteiger partial charge in [0, 0.05) is 0 Å². The van der Waals surface area contributed by atoms with Crippen LogP contribution >= 0.6 is 0 Å². The van der Waals surface area contributed by atoms with E-state index in [0.717, 1.165) is 5.56 Å². The lowest BCUT2D eigenvalue weighted by Gasteiger charge is -2.11. The molecular weight excluding hydrogens is 352 g/mol. The molecule has 0 saturated heterocycles. The summed E-state index contributed by atoms with van der Waals surface area (Å²) in [5, 5.41) is 2.66. The van der Waals surface area contributed by atoms with E-state index in [1.54, 1.807) is 24.3 Å². The third kappa shape index (κ3) is 6.85. The Morgan fingerprint density at radius 1 is 1.04 bits per heavy atom. The second-order valence-electron chi connectivity index (χ2n) is 5.71. The van der Waals surface area contributed by atoms with Gasteiger partial charge in [-0.1, -0.05) is 42.5 Å². The molecule has 140 valence electrons. The van der Waals surface area contributed by atoms with E-state index in [9.17, 15) is 13.2 Å². The normalized spacial score (nSPS) is 11.1. The average Bonchev–Trinajstić information content (AvgIpc) is 2.63. The summed E-state index contributed by atoms with van der Waals surface area (Å²) in [4.78, 5) is 12.0. The molecule has 2 rings (SSSR count). The van der Waals surface area contributed by atoms with Crippen LogP contribution in [0.15, 0.2) is 54.6 Å². The SMILES string of the molecule is CCOc1ccccc1NC(=O)CNS(=O)(=O)CCCc1ccccc1. The zero-order chi connectivity index (χ0) is 18.8. The quantitative estimate of drug-likeness (QED) is 0.667. The molecule has 2 aromatic carbocycles. The number of para-hydroxylation sites is 2. The Kier molecular flexibility index (Phi) is 7.62. The standard InChI is InChI=1S/C19H24N2O4S/c1-2-25-18-13-7-6-12-17(18)21-19(22)15-20-26(23,24)14-8-11-16-9-4-3-5-10-16/h3-7,9-10,12-13,20H,2,8,11,14-15H2,1H3,(H,21,22). The van der Waals surface area contributed by atoms with Crippen molar-refractivity contribution in [1.29, 1.82) is 0 Å². The summed E-state index contributed by atoms with van der Waals surface area (Å²) >= 11 is 0. The van der Waals surface area contributed by atoms with Gasteiger partial charge < -0.3 is 10.1 Å². The highest BCUT2D eigenvalue weighted by molar-refractivity contribution is 7.89. The number of sulfonamides is 1. The fourth-order valence-corrected chi connectivity index (χ4v) is 3.42. The second-order valence-corrected chi connectivity index (χ2v) is 7.63. The molecule has 0 saturated carbocycles. The van der Waals surface area contributed by atoms with Gasteiger partial charge in [0.05, 0.1) is 24.6 Å². The number of benzene rings is 2. The summed E-state index contributed by atoms with van der Waals surface area (Å²) in [5.74, 6) is 0.0860. The maximum Gasteiger partial charge on any atom is 0.239 e. The lowest BCUT2D eigenvalue weighted by Crippen LogP contribution is -2.34. The van der Waals surface area contributed by atoms with Crippen molar-refractivity contribution in [2.24, 2.45) is 0 Å². The van der Waals surface area contributed by atoms with E-state index in [-0.39, 0.29) is 12.3 Å². The van der Waals surface area contributed by atoms with Gasteiger partial charge in [0.1, 0.15) is 5.75 Å². The first kappa shape index (κ1) is 19.9. The first-order chi connectivity index (χ1) is 12.5. The van der Waals surface area contributed by atoms with Gasteiger partial charge in [0.25, 0.3) is 0 Å². The van der Waals surface area contributed by atoms with Gasteiger partial charge in [0.2, 0.25) is 15.9 Å². The van der Waals surface area contributed by atoms with Crippen molar-refractivity contribution in [3.8, 4) is 5.75 Å². The maximum absolute atomic E-state index is 12.0. The van der Waals surface area contributed by atoms with Crippen LogP contribution in [0, 0.1) is 0 Å². The van der Waals surface area contributed by atoms with Gasteiger partial charge in [0.15, 0.2) is 0 Å². The highest BCUT2D eigenvalue weighted by atomic mass is 32.2. The topological polar surface area (TPSA) is 84.5 Å². The van der Waals surface area contributed by atoms with Crippen molar-refractivity contribution in [3.05, 3.63) is 60.2 Å². The van der Waals surface area contributed by atoms with Gasteiger partial charge in [-0.05, 0) is 37.5 Å². The highest BCUT2D eigenvalue weighted by Crippen LogP contribution is 2.23. The van der Waals surface area contributed by atoms with Crippen LogP contribution in [0.2, 0.25) is 0 Å². The van der Waals surface area contributed by atoms with Crippen LogP contribution in [0.1, 0.15) is 18.9 Å². The van der Waals surface area contributed by atoms with Crippen LogP contribution in [0.25, 0.3) is 0 Å². The zero-order valence-corrected chi connectivity index (χ0v) is 15.6. The molecular formula is C19H24N2O4S. The first-order valence-corrected chi connectivity index (χ1v) is 10.2. The van der Waals surface area contributed by atoms with Gasteiger partial charge in [-0.15, -0.1) is 0 Å². The van der Waals surface area contributed by atoms with Crippen LogP contribution < -0.4 is 14.8 Å². The number of hydrogen-bond donors (Lipinski definition) is 2. The second kappa shape index (κ2) is 9.94. The Labute approximate surface area is 154 Å². The van der Waals surface area contributed by atoms with E-state index in [1.807, 2.05) is 37.3 Å². The maximum atomic E-state index is 12.0. The van der Waals surface area contributed by atoms with E-state index in [2.05, 4.69) is 10.0 Å². The van der Waals surface area contributed by atoms with Gasteiger partial charge in [-0.2, -0.15) is 0 Å². The monoisotopic (exact) mass is 376 g/mol. The zero-order valence-electron chi connectivity index (χ0n) is 14.8. The van der Waals surface area contributed by atoms with Crippen molar-refractivity contribution in [2.75, 3.05) is 24.2 Å². The lowest BCUT2D eigenvalue weighted by molar-refractivity contribution is -0.115. The van der Waals surface area contributed by atoms with Crippen molar-refractivity contribution in [2.45, 2.75) is 19.8 Å². The van der Waals surface area contributed by atoms with Gasteiger partial charge in [-0.25, -0.2) is 13.1 Å². The number of carbonyl (C=O) groups excluding carboxylic acids is 1. The first-order valence-electron chi connectivity index (χ1n) is 8.53. The smallest absolute Gasteiger partial charge is 0.239 e. The molecule has 0 aromatic heterocycles. The van der Waals surface area contributed by atoms with E-state index in [0.29, 0.717) is 30.9 Å². The van der Waals surface area contributed by atoms with Crippen LogP contribution in [0.4, 0.5) is 5.69 Å². The number of ether oxygens (including phenoxy) is 1. The molecule has 0 aliphatic rings. The van der Waals surface area contributed by atoms with E-state index >= 15 is 0 Å². The summed E-state index contributed by atoms with van der Waals surface area (Å²) < 4.78 is 31.8. The molecule has 2 N–H and O–H groups in total. The fraction of sp³-hybridized carbons (Fsp3) is 0.316. The number of hydrogen-bond acceptors (Lipinski definition) is 4. The Balaban J connectivity index is 1.78. The summed E-state index contributed by atoms with van der Waals surface area (Å²) in [7, 11) is -3.50. The molecule has 6 nitrogen and oxygen atoms in total. The molecule has 0 spiro atoms. The molecule has 0 radical (unpaired) electrons. The fourth-order valence-electron chi connectivity index (χ4n) is 2.40. The van der Waals surface area contributed by atoms with Crippen LogP contribution in [0.5, 0.6) is 5.75 Å². The molecule has 26 heavy (non-hydrogen) atoms. The molecule has 0 aliphatic carbocycles. The number of aryl methyl sites for hydroxylation is 1. The largest absolute Gasteiger partial charge is 0.492 e. The summed E-state index contributed by atoms with van der Waals surface area (Å²) in [6.45, 7) is 2.01. The van der Waals surface area contributed by atoms with Crippen LogP contribution in [0.3, 0.4) is 0 Å². The lowest BCUT2D eigenvalue weighted by atomic mass is 10.1. The number of nitrogens with one attached hydrogen (secondary N) is 2. The third-order valence-corrected chi connectivity index (χ3v) is 5.05. The number of carbonyl (C=O) groups is 1. The minimum atomic E-state index is -3.50. The van der Waals surface area contributed by atoms with Crippen molar-refractivity contribution in [1.82, 2.24) is 4.72 Å². The number of amides is 1. The number of anilines is 1. The minimum Gasteiger partial charge on any atom is -0.492 e. The predicted octanol–water partition coefficient (Wildman–Crippen LogP) is 2.58. The number of rotatable bonds is 10. The third-order valence-electron chi connectivity index (χ3n) is 3.63. The Morgan fingerprint density at radius 2 is 1.73 bits per heavy atom. The molecule has 2 aromatic rings. The molecule has 1 amide bonds. The van der Waals surface area contributed by atoms with Crippen molar-refractivity contribution in [3.63, 3.8) is 0 Å². The molecule has 0 heterocycles. The highest BCUT2D eigenvalue weighted by Gasteiger charge is 2.13. The molecule has 0 atom stereocenters. The van der Waals surface area contributed by atoms with E-state index in [4.69, 9.17) is 4.74 Å². The minimum absolute atomic E-state index is 0.0231. The Bertz CT molecular complexity index is 807. The molecule has 0 fully saturated rings. The predicted molar refractivity (Wildman–Crippen MR) is 103 cm³/mol. The van der Waals surface area contributed by atoms with Gasteiger partial charge in [-0.3, -0.25) is 4.79 Å². The van der Waals surface area contributed by atoms with Crippen LogP contribution in [-0.2, 0) is 21.2 Å². The molecule has 0 aliphatic heterocycles. The van der Waals surface area contributed by atoms with Crippen molar-refractivity contribution >= 4 is 21.6 Å². The molecule has 7 heteroatoms. The van der Waals surface area contributed by atoms with Crippen molar-refractivity contribution < 1.29 is 17.9 Å². The summed E-state index contributed by atoms with van der Waals surface area (Å²) in [6, 6.07) is 16.7. The van der Waals surface area contributed by atoms with Gasteiger partial charge >= 0.3 is 0 Å². The Hall–Kier alpha value is -2.38. The molecule has 0 unspecified atom stereocenters. The van der Waals surface area contributed by atoms with Crippen LogP contribution in [-0.4, -0.2) is 33.2 Å². The van der Waals surface area contributed by atoms with E-state index in [1.165, 1.54) is 0 Å².